The number of rotatable bonds is 2. The van der Waals surface area contributed by atoms with Crippen molar-refractivity contribution in [2.75, 3.05) is 5.32 Å². The third-order valence-electron chi connectivity index (χ3n) is 2.36. The van der Waals surface area contributed by atoms with Crippen LogP contribution in [0.3, 0.4) is 0 Å². The fourth-order valence-corrected chi connectivity index (χ4v) is 2.12. The molecular formula is C12H7Cl2IN2O2. The first-order valence-electron chi connectivity index (χ1n) is 5.19. The molecule has 0 saturated carbocycles. The Balaban J connectivity index is 2.17. The number of nitrogens with one attached hydrogen (secondary N) is 1. The summed E-state index contributed by atoms with van der Waals surface area (Å²) >= 11 is 13.6. The molecule has 1 aliphatic rings. The summed E-state index contributed by atoms with van der Waals surface area (Å²) in [6, 6.07) is 5.09. The second-order valence-corrected chi connectivity index (χ2v) is 5.74. The van der Waals surface area contributed by atoms with Gasteiger partial charge in [-0.2, -0.15) is 0 Å². The van der Waals surface area contributed by atoms with E-state index in [0.717, 1.165) is 3.57 Å². The Labute approximate surface area is 133 Å². The largest absolute Gasteiger partial charge is 0.322 e. The number of amides is 1. The van der Waals surface area contributed by atoms with Crippen molar-refractivity contribution in [2.24, 2.45) is 4.99 Å². The van der Waals surface area contributed by atoms with Crippen LogP contribution in [-0.4, -0.2) is 16.9 Å². The van der Waals surface area contributed by atoms with Crippen LogP contribution in [0.2, 0.25) is 5.02 Å². The zero-order valence-corrected chi connectivity index (χ0v) is 13.1. The van der Waals surface area contributed by atoms with E-state index in [1.807, 2.05) is 0 Å². The number of ketones is 1. The topological polar surface area (TPSA) is 58.5 Å². The van der Waals surface area contributed by atoms with Crippen LogP contribution in [0.25, 0.3) is 0 Å². The molecule has 0 aromatic heterocycles. The second kappa shape index (κ2) is 6.02. The Kier molecular flexibility index (Phi) is 4.59. The molecule has 1 aromatic carbocycles. The fraction of sp³-hybridized carbons (Fsp3) is 0.0833. The highest BCUT2D eigenvalue weighted by Crippen LogP contribution is 2.23. The number of halogens is 3. The average molecular weight is 409 g/mol. The van der Waals surface area contributed by atoms with Crippen molar-refractivity contribution in [1.29, 1.82) is 0 Å². The minimum absolute atomic E-state index is 0.0147. The molecule has 1 aromatic rings. The van der Waals surface area contributed by atoms with Crippen LogP contribution in [0.1, 0.15) is 6.42 Å². The SMILES string of the molecule is O=C1CC(Cl)=NC=C1C(=O)Nc1ccc(I)c(Cl)c1. The minimum atomic E-state index is -0.518. The maximum absolute atomic E-state index is 11.9. The standard InChI is InChI=1S/C12H7Cl2IN2O2/c13-8-3-6(1-2-9(8)15)17-12(19)7-5-16-11(14)4-10(7)18/h1-3,5H,4H2,(H,17,19). The third-order valence-corrected chi connectivity index (χ3v) is 4.17. The van der Waals surface area contributed by atoms with Gasteiger partial charge in [0.25, 0.3) is 5.91 Å². The second-order valence-electron chi connectivity index (χ2n) is 3.73. The first kappa shape index (κ1) is 14.5. The van der Waals surface area contributed by atoms with Gasteiger partial charge in [0.2, 0.25) is 0 Å². The molecule has 7 heteroatoms. The molecule has 0 radical (unpaired) electrons. The number of carbonyl (C=O) groups is 2. The number of Topliss-reactive ketones (excluding diaryl/α,β-unsaturated/α-hetero) is 1. The molecule has 98 valence electrons. The number of nitrogens with zero attached hydrogens (tertiary/aromatic N) is 1. The van der Waals surface area contributed by atoms with E-state index in [-0.39, 0.29) is 22.9 Å². The molecule has 0 bridgehead atoms. The lowest BCUT2D eigenvalue weighted by Gasteiger charge is -2.10. The summed E-state index contributed by atoms with van der Waals surface area (Å²) in [6.45, 7) is 0. The van der Waals surface area contributed by atoms with Crippen LogP contribution in [0.5, 0.6) is 0 Å². The molecule has 0 fully saturated rings. The number of hydrogen-bond acceptors (Lipinski definition) is 3. The molecule has 0 aliphatic carbocycles. The van der Waals surface area contributed by atoms with Crippen molar-refractivity contribution in [1.82, 2.24) is 0 Å². The van der Waals surface area contributed by atoms with Gasteiger partial charge in [-0.15, -0.1) is 0 Å². The third kappa shape index (κ3) is 3.55. The van der Waals surface area contributed by atoms with Crippen molar-refractivity contribution in [3.63, 3.8) is 0 Å². The molecule has 0 saturated heterocycles. The number of benzene rings is 1. The average Bonchev–Trinajstić information content (AvgIpc) is 2.33. The van der Waals surface area contributed by atoms with E-state index in [2.05, 4.69) is 32.9 Å². The van der Waals surface area contributed by atoms with E-state index in [0.29, 0.717) is 10.7 Å². The summed E-state index contributed by atoms with van der Waals surface area (Å²) in [5, 5.41) is 3.31. The first-order valence-corrected chi connectivity index (χ1v) is 7.03. The maximum atomic E-state index is 11.9. The van der Waals surface area contributed by atoms with E-state index < -0.39 is 5.91 Å². The summed E-state index contributed by atoms with van der Waals surface area (Å²) in [5.74, 6) is -0.871. The summed E-state index contributed by atoms with van der Waals surface area (Å²) in [6.07, 6.45) is 1.13. The van der Waals surface area contributed by atoms with Gasteiger partial charge in [0, 0.05) is 15.5 Å². The molecular weight excluding hydrogens is 402 g/mol. The molecule has 0 unspecified atom stereocenters. The van der Waals surface area contributed by atoms with Crippen molar-refractivity contribution in [3.8, 4) is 0 Å². The van der Waals surface area contributed by atoms with Gasteiger partial charge >= 0.3 is 0 Å². The normalized spacial score (nSPS) is 14.8. The highest BCUT2D eigenvalue weighted by molar-refractivity contribution is 14.1. The lowest BCUT2D eigenvalue weighted by Crippen LogP contribution is -2.23. The van der Waals surface area contributed by atoms with Crippen LogP contribution in [0, 0.1) is 3.57 Å². The summed E-state index contributed by atoms with van der Waals surface area (Å²) < 4.78 is 0.876. The number of hydrogen-bond donors (Lipinski definition) is 1. The van der Waals surface area contributed by atoms with E-state index in [9.17, 15) is 9.59 Å². The van der Waals surface area contributed by atoms with Crippen molar-refractivity contribution in [2.45, 2.75) is 6.42 Å². The highest BCUT2D eigenvalue weighted by atomic mass is 127. The van der Waals surface area contributed by atoms with Gasteiger partial charge in [-0.05, 0) is 40.8 Å². The maximum Gasteiger partial charge on any atom is 0.260 e. The van der Waals surface area contributed by atoms with Crippen LogP contribution in [-0.2, 0) is 9.59 Å². The van der Waals surface area contributed by atoms with Gasteiger partial charge in [0.15, 0.2) is 5.78 Å². The van der Waals surface area contributed by atoms with Crippen molar-refractivity contribution >= 4 is 68.3 Å². The van der Waals surface area contributed by atoms with E-state index >= 15 is 0 Å². The van der Waals surface area contributed by atoms with E-state index in [4.69, 9.17) is 23.2 Å². The fourth-order valence-electron chi connectivity index (χ4n) is 1.44. The number of aliphatic imine (C=N–C) groups is 1. The van der Waals surface area contributed by atoms with Crippen LogP contribution in [0.15, 0.2) is 35.0 Å². The predicted molar refractivity (Wildman–Crippen MR) is 83.8 cm³/mol. The van der Waals surface area contributed by atoms with Crippen molar-refractivity contribution in [3.05, 3.63) is 38.6 Å². The van der Waals surface area contributed by atoms with Gasteiger partial charge < -0.3 is 5.32 Å². The molecule has 1 heterocycles. The summed E-state index contributed by atoms with van der Waals surface area (Å²) in [5.41, 5.74) is 0.504. The summed E-state index contributed by atoms with van der Waals surface area (Å²) in [7, 11) is 0. The van der Waals surface area contributed by atoms with Gasteiger partial charge in [-0.1, -0.05) is 23.2 Å². The van der Waals surface area contributed by atoms with Crippen LogP contribution < -0.4 is 5.32 Å². The molecule has 0 atom stereocenters. The monoisotopic (exact) mass is 408 g/mol. The Morgan fingerprint density at radius 1 is 1.37 bits per heavy atom. The molecule has 0 spiro atoms. The molecule has 19 heavy (non-hydrogen) atoms. The van der Waals surface area contributed by atoms with Gasteiger partial charge in [-0.3, -0.25) is 9.59 Å². The van der Waals surface area contributed by atoms with Gasteiger partial charge in [0.05, 0.1) is 11.4 Å². The van der Waals surface area contributed by atoms with E-state index in [1.54, 1.807) is 18.2 Å². The Hall–Kier alpha value is -0.920. The molecule has 2 rings (SSSR count). The molecule has 4 nitrogen and oxygen atoms in total. The van der Waals surface area contributed by atoms with Gasteiger partial charge in [-0.25, -0.2) is 4.99 Å². The van der Waals surface area contributed by atoms with Crippen LogP contribution in [0.4, 0.5) is 5.69 Å². The first-order chi connectivity index (χ1) is 8.97. The minimum Gasteiger partial charge on any atom is -0.322 e. The highest BCUT2D eigenvalue weighted by Gasteiger charge is 2.22. The zero-order valence-electron chi connectivity index (χ0n) is 9.41. The zero-order chi connectivity index (χ0) is 14.0. The van der Waals surface area contributed by atoms with Crippen molar-refractivity contribution < 1.29 is 9.59 Å². The Bertz CT molecular complexity index is 626. The number of carbonyl (C=O) groups excluding carboxylic acids is 2. The smallest absolute Gasteiger partial charge is 0.260 e. The van der Waals surface area contributed by atoms with E-state index in [1.165, 1.54) is 6.20 Å². The number of anilines is 1. The molecule has 1 aliphatic heterocycles. The predicted octanol–water partition coefficient (Wildman–Crippen LogP) is 3.38. The van der Waals surface area contributed by atoms with Crippen LogP contribution >= 0.6 is 45.8 Å². The summed E-state index contributed by atoms with van der Waals surface area (Å²) in [4.78, 5) is 27.3. The quantitative estimate of drug-likeness (QED) is 0.602. The Morgan fingerprint density at radius 2 is 2.11 bits per heavy atom. The molecule has 1 amide bonds. The molecule has 1 N–H and O–H groups in total. The van der Waals surface area contributed by atoms with Gasteiger partial charge in [0.1, 0.15) is 10.7 Å². The Morgan fingerprint density at radius 3 is 2.74 bits per heavy atom. The lowest BCUT2D eigenvalue weighted by atomic mass is 10.1. The lowest BCUT2D eigenvalue weighted by molar-refractivity contribution is -0.119.